The Labute approximate surface area is 145 Å². The van der Waals surface area contributed by atoms with Gasteiger partial charge < -0.3 is 4.74 Å². The molecule has 132 valence electrons. The molecular formula is C19H22N2O4. The van der Waals surface area contributed by atoms with Gasteiger partial charge in [-0.15, -0.1) is 0 Å². The minimum absolute atomic E-state index is 0.353. The highest BCUT2D eigenvalue weighted by molar-refractivity contribution is 5.96. The lowest BCUT2D eigenvalue weighted by Crippen LogP contribution is -2.48. The van der Waals surface area contributed by atoms with Crippen molar-refractivity contribution in [2.45, 2.75) is 45.8 Å². The van der Waals surface area contributed by atoms with E-state index < -0.39 is 17.8 Å². The lowest BCUT2D eigenvalue weighted by molar-refractivity contribution is -0.0374. The smallest absolute Gasteiger partial charge is 0.340 e. The van der Waals surface area contributed by atoms with Gasteiger partial charge in [0.15, 0.2) is 0 Å². The van der Waals surface area contributed by atoms with Crippen LogP contribution < -0.4 is 11.2 Å². The van der Waals surface area contributed by atoms with Gasteiger partial charge in [-0.3, -0.25) is 9.59 Å². The van der Waals surface area contributed by atoms with Crippen LogP contribution in [-0.2, 0) is 11.2 Å². The Hall–Kier alpha value is -2.47. The van der Waals surface area contributed by atoms with E-state index in [9.17, 15) is 14.4 Å². The molecule has 6 nitrogen and oxygen atoms in total. The Morgan fingerprint density at radius 1 is 1.20 bits per heavy atom. The van der Waals surface area contributed by atoms with Gasteiger partial charge in [0.2, 0.25) is 0 Å². The molecule has 1 aliphatic heterocycles. The minimum atomic E-state index is -0.625. The van der Waals surface area contributed by atoms with E-state index >= 15 is 0 Å². The van der Waals surface area contributed by atoms with Crippen molar-refractivity contribution in [1.82, 2.24) is 9.13 Å². The Morgan fingerprint density at radius 2 is 1.92 bits per heavy atom. The molecule has 0 amide bonds. The Kier molecular flexibility index (Phi) is 4.99. The van der Waals surface area contributed by atoms with Gasteiger partial charge in [0.05, 0.1) is 0 Å². The molecule has 1 saturated heterocycles. The minimum Gasteiger partial charge on any atom is -0.358 e. The largest absolute Gasteiger partial charge is 0.358 e. The van der Waals surface area contributed by atoms with Crippen LogP contribution in [0.2, 0.25) is 0 Å². The fourth-order valence-electron chi connectivity index (χ4n) is 3.31. The summed E-state index contributed by atoms with van der Waals surface area (Å²) in [6, 6.07) is 8.61. The second kappa shape index (κ2) is 7.19. The summed E-state index contributed by atoms with van der Waals surface area (Å²) in [6.07, 6.45) is 2.24. The van der Waals surface area contributed by atoms with Crippen LogP contribution in [0.25, 0.3) is 0 Å². The van der Waals surface area contributed by atoms with Gasteiger partial charge in [-0.05, 0) is 44.7 Å². The van der Waals surface area contributed by atoms with Gasteiger partial charge in [0.1, 0.15) is 6.23 Å². The SMILES string of the molecule is CCc1c(C)n(C(=O)c2ccccc2)c(=O)n(C2CCCCO2)c1=O. The zero-order valence-electron chi connectivity index (χ0n) is 14.5. The summed E-state index contributed by atoms with van der Waals surface area (Å²) in [5.74, 6) is -0.428. The highest BCUT2D eigenvalue weighted by atomic mass is 16.5. The van der Waals surface area contributed by atoms with E-state index in [1.54, 1.807) is 37.3 Å². The molecule has 0 bridgehead atoms. The van der Waals surface area contributed by atoms with Crippen LogP contribution in [-0.4, -0.2) is 21.6 Å². The summed E-state index contributed by atoms with van der Waals surface area (Å²) in [6.45, 7) is 4.00. The quantitative estimate of drug-likeness (QED) is 0.858. The monoisotopic (exact) mass is 342 g/mol. The van der Waals surface area contributed by atoms with Crippen LogP contribution >= 0.6 is 0 Å². The highest BCUT2D eigenvalue weighted by Gasteiger charge is 2.26. The molecule has 0 saturated carbocycles. The van der Waals surface area contributed by atoms with E-state index in [0.29, 0.717) is 36.3 Å². The molecule has 1 aromatic carbocycles. The van der Waals surface area contributed by atoms with E-state index in [4.69, 9.17) is 4.74 Å². The molecule has 25 heavy (non-hydrogen) atoms. The third-order valence-electron chi connectivity index (χ3n) is 4.67. The number of ether oxygens (including phenoxy) is 1. The molecule has 2 aromatic rings. The summed E-state index contributed by atoms with van der Waals surface area (Å²) in [5, 5.41) is 0. The number of rotatable bonds is 3. The first-order valence-electron chi connectivity index (χ1n) is 8.64. The number of carbonyl (C=O) groups excluding carboxylic acids is 1. The normalized spacial score (nSPS) is 17.4. The van der Waals surface area contributed by atoms with Crippen molar-refractivity contribution in [2.75, 3.05) is 6.61 Å². The van der Waals surface area contributed by atoms with Crippen LogP contribution in [0.5, 0.6) is 0 Å². The first-order chi connectivity index (χ1) is 12.1. The number of benzene rings is 1. The molecule has 1 aliphatic rings. The highest BCUT2D eigenvalue weighted by Crippen LogP contribution is 2.20. The standard InChI is InChI=1S/C19H22N2O4/c1-3-15-13(2)20(17(22)14-9-5-4-6-10-14)19(24)21(18(15)23)16-11-7-8-12-25-16/h4-6,9-10,16H,3,7-8,11-12H2,1-2H3. The van der Waals surface area contributed by atoms with Crippen LogP contribution in [0.15, 0.2) is 39.9 Å². The second-order valence-corrected chi connectivity index (χ2v) is 6.20. The van der Waals surface area contributed by atoms with E-state index in [1.807, 2.05) is 6.92 Å². The Balaban J connectivity index is 2.23. The zero-order valence-corrected chi connectivity index (χ0v) is 14.5. The van der Waals surface area contributed by atoms with Crippen molar-refractivity contribution in [3.05, 3.63) is 68.0 Å². The summed E-state index contributed by atoms with van der Waals surface area (Å²) >= 11 is 0. The number of hydrogen-bond acceptors (Lipinski definition) is 4. The molecule has 1 aromatic heterocycles. The van der Waals surface area contributed by atoms with Gasteiger partial charge in [-0.25, -0.2) is 13.9 Å². The van der Waals surface area contributed by atoms with Gasteiger partial charge in [0, 0.05) is 23.4 Å². The number of carbonyl (C=O) groups is 1. The summed E-state index contributed by atoms with van der Waals surface area (Å²) in [5.41, 5.74) is 0.301. The Bertz CT molecular complexity index is 890. The van der Waals surface area contributed by atoms with Crippen molar-refractivity contribution in [2.24, 2.45) is 0 Å². The molecule has 1 fully saturated rings. The topological polar surface area (TPSA) is 70.3 Å². The zero-order chi connectivity index (χ0) is 18.0. The lowest BCUT2D eigenvalue weighted by atomic mass is 10.1. The van der Waals surface area contributed by atoms with Crippen molar-refractivity contribution in [3.8, 4) is 0 Å². The third kappa shape index (κ3) is 3.09. The second-order valence-electron chi connectivity index (χ2n) is 6.20. The predicted octanol–water partition coefficient (Wildman–Crippen LogP) is 2.27. The summed E-state index contributed by atoms with van der Waals surface area (Å²) in [4.78, 5) is 38.7. The van der Waals surface area contributed by atoms with Crippen molar-refractivity contribution < 1.29 is 9.53 Å². The molecule has 0 spiro atoms. The third-order valence-corrected chi connectivity index (χ3v) is 4.67. The summed E-state index contributed by atoms with van der Waals surface area (Å²) < 4.78 is 7.87. The average Bonchev–Trinajstić information content (AvgIpc) is 2.63. The number of hydrogen-bond donors (Lipinski definition) is 0. The summed E-state index contributed by atoms with van der Waals surface area (Å²) in [7, 11) is 0. The van der Waals surface area contributed by atoms with Crippen molar-refractivity contribution in [3.63, 3.8) is 0 Å². The first kappa shape index (κ1) is 17.4. The molecule has 0 radical (unpaired) electrons. The van der Waals surface area contributed by atoms with E-state index in [-0.39, 0.29) is 5.56 Å². The van der Waals surface area contributed by atoms with E-state index in [0.717, 1.165) is 22.0 Å². The maximum atomic E-state index is 13.0. The Morgan fingerprint density at radius 3 is 2.52 bits per heavy atom. The molecular weight excluding hydrogens is 320 g/mol. The van der Waals surface area contributed by atoms with E-state index in [1.165, 1.54) is 0 Å². The lowest BCUT2D eigenvalue weighted by Gasteiger charge is -2.25. The average molecular weight is 342 g/mol. The molecule has 1 unspecified atom stereocenters. The van der Waals surface area contributed by atoms with Crippen LogP contribution in [0, 0.1) is 6.92 Å². The molecule has 3 rings (SSSR count). The van der Waals surface area contributed by atoms with E-state index in [2.05, 4.69) is 0 Å². The van der Waals surface area contributed by atoms with Crippen LogP contribution in [0.3, 0.4) is 0 Å². The van der Waals surface area contributed by atoms with Gasteiger partial charge >= 0.3 is 5.69 Å². The predicted molar refractivity (Wildman–Crippen MR) is 94.1 cm³/mol. The van der Waals surface area contributed by atoms with Crippen molar-refractivity contribution in [1.29, 1.82) is 0 Å². The van der Waals surface area contributed by atoms with Crippen LogP contribution in [0.1, 0.15) is 54.0 Å². The molecule has 1 atom stereocenters. The van der Waals surface area contributed by atoms with Crippen LogP contribution in [0.4, 0.5) is 0 Å². The van der Waals surface area contributed by atoms with Crippen molar-refractivity contribution >= 4 is 5.91 Å². The number of aromatic nitrogens is 2. The maximum absolute atomic E-state index is 13.0. The molecule has 0 aliphatic carbocycles. The maximum Gasteiger partial charge on any atom is 0.340 e. The van der Waals surface area contributed by atoms with Gasteiger partial charge in [0.25, 0.3) is 11.5 Å². The first-order valence-corrected chi connectivity index (χ1v) is 8.64. The van der Waals surface area contributed by atoms with Gasteiger partial charge in [-0.1, -0.05) is 25.1 Å². The number of nitrogens with zero attached hydrogens (tertiary/aromatic N) is 2. The molecule has 2 heterocycles. The fraction of sp³-hybridized carbons (Fsp3) is 0.421. The molecule has 6 heteroatoms. The van der Waals surface area contributed by atoms with Gasteiger partial charge in [-0.2, -0.15) is 0 Å². The molecule has 0 N–H and O–H groups in total. The fourth-order valence-corrected chi connectivity index (χ4v) is 3.31.